The van der Waals surface area contributed by atoms with Crippen LogP contribution in [-0.4, -0.2) is 55.8 Å². The first kappa shape index (κ1) is 19.2. The summed E-state index contributed by atoms with van der Waals surface area (Å²) in [5.41, 5.74) is 3.08. The van der Waals surface area contributed by atoms with Gasteiger partial charge in [0.1, 0.15) is 5.71 Å². The van der Waals surface area contributed by atoms with Crippen molar-refractivity contribution in [2.75, 3.05) is 38.1 Å². The molecule has 1 saturated heterocycles. The number of thiophene rings is 1. The number of para-hydroxylation sites is 1. The Morgan fingerprint density at radius 3 is 2.79 bits per heavy atom. The number of benzene rings is 1. The number of hydrogen-bond donors (Lipinski definition) is 1. The topological polar surface area (TPSA) is 57.2 Å². The monoisotopic (exact) mass is 418 g/mol. The molecule has 1 amide bonds. The van der Waals surface area contributed by atoms with Crippen LogP contribution in [0, 0.1) is 0 Å². The van der Waals surface area contributed by atoms with Gasteiger partial charge in [0.25, 0.3) is 5.91 Å². The number of likely N-dealkylation sites (N-methyl/N-ethyl adjacent to an activating group) is 1. The van der Waals surface area contributed by atoms with Crippen molar-refractivity contribution in [3.8, 4) is 0 Å². The fraction of sp³-hybridized carbons (Fsp3) is 0.400. The van der Waals surface area contributed by atoms with E-state index in [1.54, 1.807) is 0 Å². The second-order valence-electron chi connectivity index (χ2n) is 7.08. The third-order valence-corrected chi connectivity index (χ3v) is 6.39. The second-order valence-corrected chi connectivity index (χ2v) is 8.79. The molecule has 1 unspecified atom stereocenters. The molecule has 2 aliphatic rings. The lowest BCUT2D eigenvalue weighted by molar-refractivity contribution is -0.131. The standard InChI is InChI=1S/C20H23ClN4O2S/c1-24-8-10-25(11-9-24)16-5-3-2-4-14(16)13-22-20(26)17-12-15(23-27-17)18-6-7-19(21)28-18/h2-7,17H,8-13H2,1H3,(H,22,26). The molecule has 1 atom stereocenters. The normalized spacial score (nSPS) is 20.0. The molecule has 3 heterocycles. The van der Waals surface area contributed by atoms with Crippen LogP contribution in [0.25, 0.3) is 0 Å². The van der Waals surface area contributed by atoms with Gasteiger partial charge in [0.05, 0.1) is 9.21 Å². The van der Waals surface area contributed by atoms with Crippen LogP contribution in [-0.2, 0) is 16.2 Å². The smallest absolute Gasteiger partial charge is 0.264 e. The molecule has 0 radical (unpaired) electrons. The molecule has 0 bridgehead atoms. The van der Waals surface area contributed by atoms with Gasteiger partial charge in [-0.1, -0.05) is 35.0 Å². The maximum atomic E-state index is 12.6. The van der Waals surface area contributed by atoms with Crippen LogP contribution in [0.5, 0.6) is 0 Å². The summed E-state index contributed by atoms with van der Waals surface area (Å²) in [5.74, 6) is -0.144. The zero-order valence-electron chi connectivity index (χ0n) is 15.7. The highest BCUT2D eigenvalue weighted by Gasteiger charge is 2.29. The van der Waals surface area contributed by atoms with Gasteiger partial charge in [0.2, 0.25) is 6.10 Å². The summed E-state index contributed by atoms with van der Waals surface area (Å²) in [4.78, 5) is 23.6. The van der Waals surface area contributed by atoms with Crippen molar-refractivity contribution in [1.82, 2.24) is 10.2 Å². The van der Waals surface area contributed by atoms with Crippen molar-refractivity contribution >= 4 is 40.2 Å². The summed E-state index contributed by atoms with van der Waals surface area (Å²) >= 11 is 7.42. The first-order valence-corrected chi connectivity index (χ1v) is 10.6. The number of anilines is 1. The van der Waals surface area contributed by atoms with Crippen LogP contribution >= 0.6 is 22.9 Å². The third kappa shape index (κ3) is 4.32. The number of piperazine rings is 1. The largest absolute Gasteiger partial charge is 0.382 e. The van der Waals surface area contributed by atoms with E-state index in [1.165, 1.54) is 17.0 Å². The van der Waals surface area contributed by atoms with Crippen molar-refractivity contribution in [3.05, 3.63) is 51.2 Å². The zero-order valence-corrected chi connectivity index (χ0v) is 17.3. The molecule has 2 aliphatic heterocycles. The lowest BCUT2D eigenvalue weighted by Gasteiger charge is -2.35. The van der Waals surface area contributed by atoms with Gasteiger partial charge in [-0.3, -0.25) is 4.79 Å². The molecule has 0 aliphatic carbocycles. The summed E-state index contributed by atoms with van der Waals surface area (Å²) in [5, 5.41) is 7.08. The Balaban J connectivity index is 1.34. The molecule has 0 saturated carbocycles. The quantitative estimate of drug-likeness (QED) is 0.811. The van der Waals surface area contributed by atoms with Crippen LogP contribution in [0.15, 0.2) is 41.6 Å². The Kier molecular flexibility index (Phi) is 5.85. The Hall–Kier alpha value is -2.09. The van der Waals surface area contributed by atoms with Crippen molar-refractivity contribution in [1.29, 1.82) is 0 Å². The molecule has 1 aromatic heterocycles. The minimum absolute atomic E-state index is 0.144. The van der Waals surface area contributed by atoms with E-state index >= 15 is 0 Å². The summed E-state index contributed by atoms with van der Waals surface area (Å²) in [6, 6.07) is 12.0. The van der Waals surface area contributed by atoms with Gasteiger partial charge in [-0.15, -0.1) is 11.3 Å². The van der Waals surface area contributed by atoms with Gasteiger partial charge in [-0.25, -0.2) is 0 Å². The molecule has 6 nitrogen and oxygen atoms in total. The van der Waals surface area contributed by atoms with Crippen molar-refractivity contribution < 1.29 is 9.63 Å². The Bertz CT molecular complexity index is 877. The van der Waals surface area contributed by atoms with E-state index in [0.29, 0.717) is 17.3 Å². The summed E-state index contributed by atoms with van der Waals surface area (Å²) in [7, 11) is 2.14. The molecule has 8 heteroatoms. The molecular weight excluding hydrogens is 396 g/mol. The van der Waals surface area contributed by atoms with E-state index in [9.17, 15) is 4.79 Å². The first-order valence-electron chi connectivity index (χ1n) is 9.37. The van der Waals surface area contributed by atoms with Gasteiger partial charge in [-0.2, -0.15) is 0 Å². The Morgan fingerprint density at radius 2 is 2.04 bits per heavy atom. The highest BCUT2D eigenvalue weighted by molar-refractivity contribution is 7.18. The molecule has 2 aromatic rings. The third-order valence-electron chi connectivity index (χ3n) is 5.11. The maximum absolute atomic E-state index is 12.6. The number of halogens is 1. The SMILES string of the molecule is CN1CCN(c2ccccc2CNC(=O)C2CC(c3ccc(Cl)s3)=NO2)CC1. The van der Waals surface area contributed by atoms with Crippen LogP contribution in [0.2, 0.25) is 4.34 Å². The minimum atomic E-state index is -0.591. The van der Waals surface area contributed by atoms with Gasteiger partial charge >= 0.3 is 0 Å². The molecule has 1 aromatic carbocycles. The fourth-order valence-corrected chi connectivity index (χ4v) is 4.48. The highest BCUT2D eigenvalue weighted by atomic mass is 35.5. The Morgan fingerprint density at radius 1 is 1.25 bits per heavy atom. The number of amides is 1. The maximum Gasteiger partial charge on any atom is 0.264 e. The molecule has 1 N–H and O–H groups in total. The summed E-state index contributed by atoms with van der Waals surface area (Å²) in [6.07, 6.45) is -0.130. The van der Waals surface area contributed by atoms with Crippen LogP contribution in [0.1, 0.15) is 16.9 Å². The average molecular weight is 419 g/mol. The second kappa shape index (κ2) is 8.51. The van der Waals surface area contributed by atoms with Gasteiger partial charge in [-0.05, 0) is 30.8 Å². The van der Waals surface area contributed by atoms with E-state index in [4.69, 9.17) is 16.4 Å². The lowest BCUT2D eigenvalue weighted by atomic mass is 10.1. The van der Waals surface area contributed by atoms with Gasteiger partial charge < -0.3 is 20.0 Å². The summed E-state index contributed by atoms with van der Waals surface area (Å²) < 4.78 is 0.700. The Labute approximate surface area is 173 Å². The molecular formula is C20H23ClN4O2S. The number of carbonyl (C=O) groups excluding carboxylic acids is 1. The number of oxime groups is 1. The van der Waals surface area contributed by atoms with Crippen molar-refractivity contribution in [2.45, 2.75) is 19.1 Å². The minimum Gasteiger partial charge on any atom is -0.382 e. The van der Waals surface area contributed by atoms with E-state index in [0.717, 1.165) is 42.3 Å². The lowest BCUT2D eigenvalue weighted by Crippen LogP contribution is -2.45. The molecule has 28 heavy (non-hydrogen) atoms. The number of rotatable bonds is 5. The van der Waals surface area contributed by atoms with Gasteiger partial charge in [0, 0.05) is 44.8 Å². The molecule has 1 fully saturated rings. The first-order chi connectivity index (χ1) is 13.6. The van der Waals surface area contributed by atoms with Crippen molar-refractivity contribution in [2.24, 2.45) is 5.16 Å². The van der Waals surface area contributed by atoms with Crippen LogP contribution in [0.3, 0.4) is 0 Å². The predicted molar refractivity (Wildman–Crippen MR) is 113 cm³/mol. The predicted octanol–water partition coefficient (Wildman–Crippen LogP) is 2.96. The highest BCUT2D eigenvalue weighted by Crippen LogP contribution is 2.27. The number of hydrogen-bond acceptors (Lipinski definition) is 6. The molecule has 4 rings (SSSR count). The van der Waals surface area contributed by atoms with E-state index in [1.807, 2.05) is 24.3 Å². The van der Waals surface area contributed by atoms with Crippen LogP contribution < -0.4 is 10.2 Å². The average Bonchev–Trinajstić information content (AvgIpc) is 3.36. The molecule has 148 valence electrons. The van der Waals surface area contributed by atoms with Crippen molar-refractivity contribution in [3.63, 3.8) is 0 Å². The van der Waals surface area contributed by atoms with Crippen LogP contribution in [0.4, 0.5) is 5.69 Å². The van der Waals surface area contributed by atoms with Gasteiger partial charge in [0.15, 0.2) is 0 Å². The zero-order chi connectivity index (χ0) is 19.5. The summed E-state index contributed by atoms with van der Waals surface area (Å²) in [6.45, 7) is 4.55. The fourth-order valence-electron chi connectivity index (χ4n) is 3.45. The number of nitrogens with zero attached hydrogens (tertiary/aromatic N) is 3. The molecule has 0 spiro atoms. The number of nitrogens with one attached hydrogen (secondary N) is 1. The van der Waals surface area contributed by atoms with E-state index in [2.05, 4.69) is 39.5 Å². The van der Waals surface area contributed by atoms with E-state index in [-0.39, 0.29) is 5.91 Å². The number of carbonyl (C=O) groups is 1. The van der Waals surface area contributed by atoms with E-state index < -0.39 is 6.10 Å².